The highest BCUT2D eigenvalue weighted by Gasteiger charge is 2.24. The SMILES string of the molecule is O=C(O)CC1CCC(CC(=O)O)CCN(CC(=O)O)CCC(CC(=O)O)CC1. The molecule has 0 amide bonds. The van der Waals surface area contributed by atoms with Crippen LogP contribution in [0.3, 0.4) is 0 Å². The molecule has 4 N–H and O–H groups in total. The van der Waals surface area contributed by atoms with E-state index in [2.05, 4.69) is 0 Å². The van der Waals surface area contributed by atoms with Gasteiger partial charge in [-0.1, -0.05) is 0 Å². The zero-order chi connectivity index (χ0) is 21.1. The van der Waals surface area contributed by atoms with Crippen LogP contribution in [-0.2, 0) is 19.2 Å². The van der Waals surface area contributed by atoms with Crippen molar-refractivity contribution in [2.45, 2.75) is 57.8 Å². The van der Waals surface area contributed by atoms with Gasteiger partial charge in [-0.2, -0.15) is 0 Å². The second kappa shape index (κ2) is 12.3. The molecular formula is C19H31NO8. The lowest BCUT2D eigenvalue weighted by Gasteiger charge is -2.28. The highest BCUT2D eigenvalue weighted by Crippen LogP contribution is 2.29. The Morgan fingerprint density at radius 2 is 0.893 bits per heavy atom. The Bertz CT molecular complexity index is 438. The molecule has 0 spiro atoms. The molecule has 160 valence electrons. The molecule has 2 atom stereocenters. The van der Waals surface area contributed by atoms with Crippen molar-refractivity contribution in [3.8, 4) is 0 Å². The number of carboxylic acid groups (broad SMARTS) is 4. The Balaban J connectivity index is 2.90. The van der Waals surface area contributed by atoms with Gasteiger partial charge in [-0.05, 0) is 69.4 Å². The largest absolute Gasteiger partial charge is 0.481 e. The number of carbonyl (C=O) groups is 4. The molecule has 1 aliphatic rings. The van der Waals surface area contributed by atoms with Gasteiger partial charge in [-0.3, -0.25) is 24.1 Å². The van der Waals surface area contributed by atoms with E-state index in [0.29, 0.717) is 51.6 Å². The van der Waals surface area contributed by atoms with Crippen LogP contribution in [0.2, 0.25) is 0 Å². The molecular weight excluding hydrogens is 370 g/mol. The molecule has 0 aliphatic carbocycles. The van der Waals surface area contributed by atoms with E-state index in [4.69, 9.17) is 20.4 Å². The van der Waals surface area contributed by atoms with Crippen molar-refractivity contribution in [1.82, 2.24) is 4.90 Å². The molecule has 0 aromatic rings. The van der Waals surface area contributed by atoms with Crippen molar-refractivity contribution < 1.29 is 39.6 Å². The molecule has 1 fully saturated rings. The minimum absolute atomic E-state index is 0.00920. The molecule has 0 aromatic heterocycles. The zero-order valence-electron chi connectivity index (χ0n) is 16.1. The smallest absolute Gasteiger partial charge is 0.317 e. The van der Waals surface area contributed by atoms with Crippen LogP contribution in [0.4, 0.5) is 0 Å². The Kier molecular flexibility index (Phi) is 10.5. The van der Waals surface area contributed by atoms with E-state index in [1.807, 2.05) is 0 Å². The van der Waals surface area contributed by atoms with Gasteiger partial charge in [0.05, 0.1) is 6.54 Å². The van der Waals surface area contributed by atoms with Crippen LogP contribution in [-0.4, -0.2) is 68.8 Å². The third-order valence-electron chi connectivity index (χ3n) is 5.42. The highest BCUT2D eigenvalue weighted by atomic mass is 16.4. The summed E-state index contributed by atoms with van der Waals surface area (Å²) >= 11 is 0. The summed E-state index contributed by atoms with van der Waals surface area (Å²) in [4.78, 5) is 46.3. The third kappa shape index (κ3) is 10.9. The van der Waals surface area contributed by atoms with Crippen molar-refractivity contribution in [1.29, 1.82) is 0 Å². The van der Waals surface area contributed by atoms with Gasteiger partial charge in [0.15, 0.2) is 0 Å². The standard InChI is InChI=1S/C19H31NO8/c21-16(22)9-13-1-3-14(10-17(23)24)5-7-20(12-19(27)28)8-6-15(4-2-13)11-18(25)26/h13-15H,1-12H2,(H,21,22)(H,23,24)(H,25,26)(H,27,28). The molecule has 2 unspecified atom stereocenters. The summed E-state index contributed by atoms with van der Waals surface area (Å²) in [7, 11) is 0. The van der Waals surface area contributed by atoms with Crippen molar-refractivity contribution in [2.75, 3.05) is 19.6 Å². The van der Waals surface area contributed by atoms with Crippen LogP contribution in [0.1, 0.15) is 57.8 Å². The van der Waals surface area contributed by atoms with Crippen LogP contribution in [0, 0.1) is 17.8 Å². The lowest BCUT2D eigenvalue weighted by molar-refractivity contribution is -0.140. The minimum atomic E-state index is -0.974. The lowest BCUT2D eigenvalue weighted by atomic mass is 9.84. The molecule has 0 bridgehead atoms. The monoisotopic (exact) mass is 401 g/mol. The molecule has 0 radical (unpaired) electrons. The number of nitrogens with zero attached hydrogens (tertiary/aromatic N) is 1. The first-order valence-corrected chi connectivity index (χ1v) is 9.75. The van der Waals surface area contributed by atoms with Gasteiger partial charge in [0, 0.05) is 19.3 Å². The fourth-order valence-electron chi connectivity index (χ4n) is 3.92. The average Bonchev–Trinajstić information content (AvgIpc) is 2.55. The van der Waals surface area contributed by atoms with Crippen LogP contribution < -0.4 is 0 Å². The first kappa shape index (κ1) is 23.9. The third-order valence-corrected chi connectivity index (χ3v) is 5.42. The van der Waals surface area contributed by atoms with Crippen LogP contribution in [0.25, 0.3) is 0 Å². The number of aliphatic carboxylic acids is 4. The lowest BCUT2D eigenvalue weighted by Crippen LogP contribution is -2.34. The summed E-state index contributed by atoms with van der Waals surface area (Å²) in [6, 6.07) is 0. The topological polar surface area (TPSA) is 152 Å². The van der Waals surface area contributed by atoms with Gasteiger partial charge in [-0.25, -0.2) is 0 Å². The zero-order valence-corrected chi connectivity index (χ0v) is 16.1. The van der Waals surface area contributed by atoms with Crippen molar-refractivity contribution in [3.05, 3.63) is 0 Å². The maximum atomic E-state index is 11.2. The van der Waals surface area contributed by atoms with Gasteiger partial charge in [0.25, 0.3) is 0 Å². The predicted octanol–water partition coefficient (Wildman–Crippen LogP) is 2.00. The molecule has 9 heteroatoms. The Morgan fingerprint density at radius 3 is 1.18 bits per heavy atom. The van der Waals surface area contributed by atoms with Crippen LogP contribution in [0.15, 0.2) is 0 Å². The molecule has 9 nitrogen and oxygen atoms in total. The number of rotatable bonds is 8. The van der Waals surface area contributed by atoms with Crippen LogP contribution >= 0.6 is 0 Å². The summed E-state index contributed by atoms with van der Waals surface area (Å²) in [5.74, 6) is -4.11. The predicted molar refractivity (Wildman–Crippen MR) is 99.0 cm³/mol. The number of hydrogen-bond acceptors (Lipinski definition) is 5. The van der Waals surface area contributed by atoms with Gasteiger partial charge in [0.1, 0.15) is 0 Å². The van der Waals surface area contributed by atoms with Crippen LogP contribution in [0.5, 0.6) is 0 Å². The van der Waals surface area contributed by atoms with Gasteiger partial charge < -0.3 is 20.4 Å². The Hall–Kier alpha value is -2.16. The summed E-state index contributed by atoms with van der Waals surface area (Å²) in [6.07, 6.45) is 3.25. The molecule has 0 saturated carbocycles. The van der Waals surface area contributed by atoms with E-state index >= 15 is 0 Å². The maximum Gasteiger partial charge on any atom is 0.317 e. The van der Waals surface area contributed by atoms with E-state index in [9.17, 15) is 19.2 Å². The summed E-state index contributed by atoms with van der Waals surface area (Å²) in [5, 5.41) is 36.5. The number of carboxylic acids is 4. The fraction of sp³-hybridized carbons (Fsp3) is 0.789. The number of hydrogen-bond donors (Lipinski definition) is 4. The molecule has 1 aliphatic heterocycles. The van der Waals surface area contributed by atoms with E-state index < -0.39 is 23.9 Å². The molecule has 28 heavy (non-hydrogen) atoms. The van der Waals surface area contributed by atoms with E-state index in [-0.39, 0.29) is 43.6 Å². The first-order chi connectivity index (χ1) is 13.2. The average molecular weight is 401 g/mol. The molecule has 1 rings (SSSR count). The summed E-state index contributed by atoms with van der Waals surface area (Å²) in [6.45, 7) is 0.683. The fourth-order valence-corrected chi connectivity index (χ4v) is 3.92. The van der Waals surface area contributed by atoms with E-state index in [0.717, 1.165) is 0 Å². The normalized spacial score (nSPS) is 25.2. The Morgan fingerprint density at radius 1 is 0.571 bits per heavy atom. The van der Waals surface area contributed by atoms with E-state index in [1.54, 1.807) is 4.90 Å². The highest BCUT2D eigenvalue weighted by molar-refractivity contribution is 5.69. The summed E-state index contributed by atoms with van der Waals surface area (Å²) < 4.78 is 0. The Labute approximate surface area is 164 Å². The first-order valence-electron chi connectivity index (χ1n) is 9.75. The van der Waals surface area contributed by atoms with Gasteiger partial charge >= 0.3 is 23.9 Å². The van der Waals surface area contributed by atoms with Crippen molar-refractivity contribution >= 4 is 23.9 Å². The summed E-state index contributed by atoms with van der Waals surface area (Å²) in [5.41, 5.74) is 0. The van der Waals surface area contributed by atoms with E-state index in [1.165, 1.54) is 0 Å². The molecule has 0 aromatic carbocycles. The van der Waals surface area contributed by atoms with Gasteiger partial charge in [-0.15, -0.1) is 0 Å². The van der Waals surface area contributed by atoms with Crippen molar-refractivity contribution in [2.24, 2.45) is 17.8 Å². The molecule has 1 saturated heterocycles. The quantitative estimate of drug-likeness (QED) is 0.478. The minimum Gasteiger partial charge on any atom is -0.481 e. The maximum absolute atomic E-state index is 11.2. The van der Waals surface area contributed by atoms with Crippen molar-refractivity contribution in [3.63, 3.8) is 0 Å². The second-order valence-electron chi connectivity index (χ2n) is 7.79. The molecule has 1 heterocycles. The second-order valence-corrected chi connectivity index (χ2v) is 7.79. The van der Waals surface area contributed by atoms with Gasteiger partial charge in [0.2, 0.25) is 0 Å².